The molecule has 8 heteroatoms. The van der Waals surface area contributed by atoms with E-state index in [-0.39, 0.29) is 11.4 Å². The predicted molar refractivity (Wildman–Crippen MR) is 68.9 cm³/mol. The van der Waals surface area contributed by atoms with Crippen LogP contribution < -0.4 is 9.62 Å². The van der Waals surface area contributed by atoms with Crippen molar-refractivity contribution in [3.05, 3.63) is 29.8 Å². The zero-order valence-electron chi connectivity index (χ0n) is 11.3. The minimum atomic E-state index is -4.47. The van der Waals surface area contributed by atoms with E-state index in [1.165, 1.54) is 4.90 Å². The summed E-state index contributed by atoms with van der Waals surface area (Å²) in [6.45, 7) is 1.06. The molecule has 0 aliphatic heterocycles. The molecule has 0 fully saturated rings. The van der Waals surface area contributed by atoms with Crippen molar-refractivity contribution in [2.75, 3.05) is 27.2 Å². The monoisotopic (exact) mass is 311 g/mol. The van der Waals surface area contributed by atoms with E-state index in [0.29, 0.717) is 6.42 Å². The fourth-order valence-electron chi connectivity index (χ4n) is 1.55. The third kappa shape index (κ3) is 5.10. The highest BCUT2D eigenvalue weighted by Crippen LogP contribution is 2.29. The molecule has 114 valence electrons. The molecule has 1 aromatic carbocycles. The van der Waals surface area contributed by atoms with Gasteiger partial charge < -0.3 is 4.90 Å². The Bertz CT molecular complexity index is 525. The van der Waals surface area contributed by atoms with Crippen molar-refractivity contribution in [1.29, 1.82) is 0 Å². The van der Waals surface area contributed by atoms with Crippen molar-refractivity contribution in [1.82, 2.24) is 4.72 Å². The van der Waals surface area contributed by atoms with Gasteiger partial charge in [0.05, 0.1) is 31.1 Å². The Labute approximate surface area is 116 Å². The van der Waals surface area contributed by atoms with Gasteiger partial charge in [0.15, 0.2) is 0 Å². The van der Waals surface area contributed by atoms with E-state index in [9.17, 15) is 21.6 Å². The molecule has 0 aliphatic carbocycles. The van der Waals surface area contributed by atoms with Gasteiger partial charge in [-0.2, -0.15) is 13.2 Å². The quantitative estimate of drug-likeness (QED) is 0.753. The summed E-state index contributed by atoms with van der Waals surface area (Å²) in [6.07, 6.45) is -3.81. The Hall–Kier alpha value is -1.12. The second-order valence-electron chi connectivity index (χ2n) is 4.73. The largest absolute Gasteiger partial charge is 0.416 e. The van der Waals surface area contributed by atoms with Crippen LogP contribution in [0, 0.1) is 0 Å². The summed E-state index contributed by atoms with van der Waals surface area (Å²) < 4.78 is 63.2. The molecule has 0 spiro atoms. The standard InChI is InChI=1S/C12H17F3N2O2S/c1-17(2)9-3-8-16-20(18,19)11-6-4-10(5-7-11)12(13,14)15/h4-7,16H,3,8-9H2,1-2H3/p+1. The molecule has 0 atom stereocenters. The summed E-state index contributed by atoms with van der Waals surface area (Å²) in [4.78, 5) is 1.03. The molecule has 0 saturated heterocycles. The fourth-order valence-corrected chi connectivity index (χ4v) is 2.63. The Morgan fingerprint density at radius 2 is 1.70 bits per heavy atom. The van der Waals surface area contributed by atoms with Crippen LogP contribution in [0.15, 0.2) is 29.2 Å². The molecule has 4 nitrogen and oxygen atoms in total. The first kappa shape index (κ1) is 16.9. The third-order valence-corrected chi connectivity index (χ3v) is 4.11. The van der Waals surface area contributed by atoms with Crippen LogP contribution in [0.4, 0.5) is 13.2 Å². The number of rotatable bonds is 6. The van der Waals surface area contributed by atoms with Crippen LogP contribution in [-0.4, -0.2) is 35.6 Å². The van der Waals surface area contributed by atoms with Crippen LogP contribution in [0.25, 0.3) is 0 Å². The van der Waals surface area contributed by atoms with E-state index in [2.05, 4.69) is 4.72 Å². The van der Waals surface area contributed by atoms with E-state index in [1.54, 1.807) is 0 Å². The maximum Gasteiger partial charge on any atom is 0.416 e. The van der Waals surface area contributed by atoms with Crippen molar-refractivity contribution in [3.63, 3.8) is 0 Å². The number of sulfonamides is 1. The molecule has 1 rings (SSSR count). The lowest BCUT2D eigenvalue weighted by atomic mass is 10.2. The van der Waals surface area contributed by atoms with Gasteiger partial charge in [-0.15, -0.1) is 0 Å². The number of hydrogen-bond donors (Lipinski definition) is 2. The molecule has 0 unspecified atom stereocenters. The van der Waals surface area contributed by atoms with Crippen molar-refractivity contribution in [2.24, 2.45) is 0 Å². The van der Waals surface area contributed by atoms with Gasteiger partial charge >= 0.3 is 6.18 Å². The summed E-state index contributed by atoms with van der Waals surface area (Å²) in [5.41, 5.74) is -0.868. The van der Waals surface area contributed by atoms with E-state index < -0.39 is 21.8 Å². The molecular weight excluding hydrogens is 293 g/mol. The lowest BCUT2D eigenvalue weighted by molar-refractivity contribution is -0.858. The summed E-state index contributed by atoms with van der Waals surface area (Å²) in [6, 6.07) is 3.45. The normalized spacial score (nSPS) is 12.9. The first-order valence-corrected chi connectivity index (χ1v) is 7.57. The number of benzene rings is 1. The number of alkyl halides is 3. The van der Waals surface area contributed by atoms with Gasteiger partial charge in [-0.1, -0.05) is 0 Å². The van der Waals surface area contributed by atoms with Crippen LogP contribution >= 0.6 is 0 Å². The maximum absolute atomic E-state index is 12.4. The minimum absolute atomic E-state index is 0.164. The van der Waals surface area contributed by atoms with Gasteiger partial charge in [-0.25, -0.2) is 13.1 Å². The Morgan fingerprint density at radius 1 is 1.15 bits per heavy atom. The van der Waals surface area contributed by atoms with Gasteiger partial charge in [0.2, 0.25) is 10.0 Å². The molecular formula is C12H18F3N2O2S+. The maximum atomic E-state index is 12.4. The van der Waals surface area contributed by atoms with Gasteiger partial charge in [0.1, 0.15) is 0 Å². The Balaban J connectivity index is 2.69. The SMILES string of the molecule is C[NH+](C)CCCNS(=O)(=O)c1ccc(C(F)(F)F)cc1. The zero-order chi connectivity index (χ0) is 15.4. The molecule has 0 radical (unpaired) electrons. The van der Waals surface area contributed by atoms with Crippen molar-refractivity contribution >= 4 is 10.0 Å². The second kappa shape index (κ2) is 6.55. The molecule has 0 heterocycles. The predicted octanol–water partition coefficient (Wildman–Crippen LogP) is 0.518. The lowest BCUT2D eigenvalue weighted by Gasteiger charge is -2.10. The average molecular weight is 311 g/mol. The molecule has 1 aromatic rings. The van der Waals surface area contributed by atoms with E-state index in [0.717, 1.165) is 30.8 Å². The van der Waals surface area contributed by atoms with Crippen LogP contribution in [-0.2, 0) is 16.2 Å². The van der Waals surface area contributed by atoms with Crippen molar-refractivity contribution < 1.29 is 26.5 Å². The van der Waals surface area contributed by atoms with E-state index in [1.807, 2.05) is 14.1 Å². The summed E-state index contributed by atoms with van der Waals surface area (Å²) in [7, 11) is 0.150. The highest BCUT2D eigenvalue weighted by atomic mass is 32.2. The Kier molecular flexibility index (Phi) is 5.55. The van der Waals surface area contributed by atoms with Gasteiger partial charge in [0, 0.05) is 13.0 Å². The second-order valence-corrected chi connectivity index (χ2v) is 6.50. The van der Waals surface area contributed by atoms with Crippen LogP contribution in [0.3, 0.4) is 0 Å². The molecule has 0 amide bonds. The topological polar surface area (TPSA) is 50.6 Å². The summed E-state index contributed by atoms with van der Waals surface area (Å²) >= 11 is 0. The number of nitrogens with one attached hydrogen (secondary N) is 2. The number of hydrogen-bond acceptors (Lipinski definition) is 2. The number of quaternary nitrogens is 1. The van der Waals surface area contributed by atoms with Crippen LogP contribution in [0.1, 0.15) is 12.0 Å². The third-order valence-electron chi connectivity index (χ3n) is 2.64. The first-order valence-electron chi connectivity index (χ1n) is 6.09. The van der Waals surface area contributed by atoms with Gasteiger partial charge in [-0.05, 0) is 24.3 Å². The van der Waals surface area contributed by atoms with Gasteiger partial charge in [0.25, 0.3) is 0 Å². The molecule has 0 aliphatic rings. The summed E-state index contributed by atoms with van der Waals surface area (Å²) in [5, 5.41) is 0. The van der Waals surface area contributed by atoms with Crippen LogP contribution in [0.2, 0.25) is 0 Å². The molecule has 2 N–H and O–H groups in total. The molecule has 0 aromatic heterocycles. The molecule has 20 heavy (non-hydrogen) atoms. The molecule has 0 saturated carbocycles. The zero-order valence-corrected chi connectivity index (χ0v) is 12.1. The highest BCUT2D eigenvalue weighted by molar-refractivity contribution is 7.89. The summed E-state index contributed by atoms with van der Waals surface area (Å²) in [5.74, 6) is 0. The van der Waals surface area contributed by atoms with E-state index >= 15 is 0 Å². The smallest absolute Gasteiger partial charge is 0.340 e. The molecule has 0 bridgehead atoms. The minimum Gasteiger partial charge on any atom is -0.340 e. The van der Waals surface area contributed by atoms with Crippen LogP contribution in [0.5, 0.6) is 0 Å². The number of halogens is 3. The first-order chi connectivity index (χ1) is 9.13. The van der Waals surface area contributed by atoms with Gasteiger partial charge in [-0.3, -0.25) is 0 Å². The van der Waals surface area contributed by atoms with Crippen molar-refractivity contribution in [2.45, 2.75) is 17.5 Å². The van der Waals surface area contributed by atoms with E-state index in [4.69, 9.17) is 0 Å². The average Bonchev–Trinajstić information content (AvgIpc) is 2.34. The Morgan fingerprint density at radius 3 is 2.15 bits per heavy atom. The fraction of sp³-hybridized carbons (Fsp3) is 0.500. The lowest BCUT2D eigenvalue weighted by Crippen LogP contribution is -3.05. The highest BCUT2D eigenvalue weighted by Gasteiger charge is 2.30. The van der Waals surface area contributed by atoms with Crippen molar-refractivity contribution in [3.8, 4) is 0 Å².